The summed E-state index contributed by atoms with van der Waals surface area (Å²) >= 11 is 0.961. The van der Waals surface area contributed by atoms with Gasteiger partial charge in [0, 0.05) is 11.6 Å². The zero-order valence-corrected chi connectivity index (χ0v) is 9.38. The quantitative estimate of drug-likeness (QED) is 0.654. The van der Waals surface area contributed by atoms with E-state index in [9.17, 15) is 20.2 Å². The van der Waals surface area contributed by atoms with Crippen LogP contribution in [0.1, 0.15) is 0 Å². The number of hydrogen-bond donors (Lipinski definition) is 1. The smallest absolute Gasteiger partial charge is 0.285 e. The van der Waals surface area contributed by atoms with Crippen LogP contribution in [0.5, 0.6) is 0 Å². The highest BCUT2D eigenvalue weighted by Crippen LogP contribution is 2.31. The van der Waals surface area contributed by atoms with E-state index in [2.05, 4.69) is 16.3 Å². The monoisotopic (exact) mass is 266 g/mol. The second kappa shape index (κ2) is 4.33. The van der Waals surface area contributed by atoms with Crippen molar-refractivity contribution < 1.29 is 9.85 Å². The third kappa shape index (κ3) is 2.22. The van der Waals surface area contributed by atoms with Crippen LogP contribution in [0.4, 0.5) is 16.5 Å². The molecule has 1 aromatic carbocycles. The summed E-state index contributed by atoms with van der Waals surface area (Å²) in [6, 6.07) is 4.38. The minimum Gasteiger partial charge on any atom is -0.374 e. The van der Waals surface area contributed by atoms with Crippen molar-refractivity contribution >= 4 is 27.8 Å². The Bertz CT molecular complexity index is 608. The number of anilines is 1. The first-order valence-corrected chi connectivity index (χ1v) is 5.24. The Labute approximate surface area is 103 Å². The van der Waals surface area contributed by atoms with E-state index in [1.807, 2.05) is 0 Å². The zero-order valence-electron chi connectivity index (χ0n) is 8.56. The zero-order chi connectivity index (χ0) is 13.3. The molecule has 0 spiro atoms. The van der Waals surface area contributed by atoms with Gasteiger partial charge in [-0.1, -0.05) is 11.3 Å². The molecule has 18 heavy (non-hydrogen) atoms. The summed E-state index contributed by atoms with van der Waals surface area (Å²) in [4.78, 5) is 19.8. The van der Waals surface area contributed by atoms with Gasteiger partial charge in [-0.15, -0.1) is 10.2 Å². The normalized spacial score (nSPS) is 10.2. The van der Waals surface area contributed by atoms with Gasteiger partial charge in [0.25, 0.3) is 11.4 Å². The maximum absolute atomic E-state index is 10.7. The van der Waals surface area contributed by atoms with Crippen LogP contribution in [0, 0.1) is 26.3 Å². The van der Waals surface area contributed by atoms with Crippen molar-refractivity contribution in [2.75, 3.05) is 5.73 Å². The van der Waals surface area contributed by atoms with Gasteiger partial charge in [0.2, 0.25) is 5.13 Å². The minimum atomic E-state index is -0.763. The van der Waals surface area contributed by atoms with E-state index in [0.717, 1.165) is 23.5 Å². The van der Waals surface area contributed by atoms with Gasteiger partial charge < -0.3 is 5.73 Å². The fourth-order valence-electron chi connectivity index (χ4n) is 1.20. The molecule has 0 unspecified atom stereocenters. The van der Waals surface area contributed by atoms with Gasteiger partial charge in [-0.25, -0.2) is 0 Å². The second-order valence-corrected chi connectivity index (χ2v) is 4.11. The number of benzene rings is 1. The van der Waals surface area contributed by atoms with Crippen molar-refractivity contribution in [3.05, 3.63) is 38.4 Å². The molecule has 0 amide bonds. The third-order valence-corrected chi connectivity index (χ3v) is 2.70. The van der Waals surface area contributed by atoms with Gasteiger partial charge in [0.15, 0.2) is 5.01 Å². The largest absolute Gasteiger partial charge is 0.374 e. The maximum atomic E-state index is 10.7. The Kier molecular flexibility index (Phi) is 2.85. The topological polar surface area (TPSA) is 138 Å². The predicted molar refractivity (Wildman–Crippen MR) is 61.9 cm³/mol. The molecule has 0 bridgehead atoms. The number of hydrogen-bond acceptors (Lipinski definition) is 8. The van der Waals surface area contributed by atoms with Gasteiger partial charge in [0.05, 0.1) is 22.0 Å². The molecule has 0 saturated carbocycles. The molecule has 0 saturated heterocycles. The predicted octanol–water partition coefficient (Wildman–Crippen LogP) is 1.40. The van der Waals surface area contributed by atoms with E-state index in [4.69, 9.17) is 5.73 Å². The lowest BCUT2D eigenvalue weighted by atomic mass is 10.2. The lowest BCUT2D eigenvalue weighted by molar-refractivity contribution is -0.394. The van der Waals surface area contributed by atoms with Crippen LogP contribution in [-0.2, 0) is 0 Å². The van der Waals surface area contributed by atoms with E-state index in [1.54, 1.807) is 0 Å². The molecule has 0 aliphatic carbocycles. The molecule has 2 aromatic rings. The molecule has 0 aliphatic rings. The van der Waals surface area contributed by atoms with Crippen LogP contribution in [0.15, 0.2) is 12.1 Å². The highest BCUT2D eigenvalue weighted by Gasteiger charge is 2.19. The first kappa shape index (κ1) is 11.9. The van der Waals surface area contributed by atoms with Gasteiger partial charge in [-0.05, 0) is 0 Å². The summed E-state index contributed by atoms with van der Waals surface area (Å²) in [6.45, 7) is 0. The Morgan fingerprint density at radius 2 is 1.94 bits per heavy atom. The van der Waals surface area contributed by atoms with Crippen LogP contribution < -0.4 is 5.73 Å². The minimum absolute atomic E-state index is 0.116. The SMILES string of the molecule is Nc1nnc(-c2[c]c([N+](=O)[O-])cc([N+](=O)[O-])c2)s1. The van der Waals surface area contributed by atoms with Crippen molar-refractivity contribution in [1.29, 1.82) is 0 Å². The molecular weight excluding hydrogens is 262 g/mol. The average Bonchev–Trinajstić information content (AvgIpc) is 2.75. The molecule has 1 radical (unpaired) electrons. The first-order valence-electron chi connectivity index (χ1n) is 4.43. The second-order valence-electron chi connectivity index (χ2n) is 3.10. The fraction of sp³-hybridized carbons (Fsp3) is 0. The van der Waals surface area contributed by atoms with Crippen molar-refractivity contribution in [2.24, 2.45) is 0 Å². The number of nitrogen functional groups attached to an aromatic ring is 1. The number of nitrogens with zero attached hydrogens (tertiary/aromatic N) is 4. The lowest BCUT2D eigenvalue weighted by Gasteiger charge is -1.96. The summed E-state index contributed by atoms with van der Waals surface area (Å²) in [5.41, 5.74) is 4.57. The summed E-state index contributed by atoms with van der Waals surface area (Å²) in [7, 11) is 0. The molecule has 0 atom stereocenters. The van der Waals surface area contributed by atoms with Crippen LogP contribution in [-0.4, -0.2) is 20.0 Å². The fourth-order valence-corrected chi connectivity index (χ4v) is 1.78. The maximum Gasteiger partial charge on any atom is 0.285 e. The van der Waals surface area contributed by atoms with Crippen molar-refractivity contribution in [3.63, 3.8) is 0 Å². The standard InChI is InChI=1S/C8H4N5O4S/c9-8-11-10-7(18-8)4-1-5(12(14)15)3-6(2-4)13(16)17/h1,3H,(H2,9,11). The van der Waals surface area contributed by atoms with E-state index < -0.39 is 21.2 Å². The number of nitrogens with two attached hydrogens (primary N) is 1. The Balaban J connectivity index is 2.60. The molecule has 91 valence electrons. The van der Waals surface area contributed by atoms with Crippen molar-refractivity contribution in [3.8, 4) is 10.6 Å². The Morgan fingerprint density at radius 3 is 2.44 bits per heavy atom. The summed E-state index contributed by atoms with van der Waals surface area (Å²) in [5, 5.41) is 28.9. The van der Waals surface area contributed by atoms with Crippen LogP contribution in [0.3, 0.4) is 0 Å². The lowest BCUT2D eigenvalue weighted by Crippen LogP contribution is -1.94. The molecular formula is C8H4N5O4S. The van der Waals surface area contributed by atoms with Crippen molar-refractivity contribution in [1.82, 2.24) is 10.2 Å². The van der Waals surface area contributed by atoms with Gasteiger partial charge >= 0.3 is 0 Å². The molecule has 9 nitrogen and oxygen atoms in total. The van der Waals surface area contributed by atoms with Gasteiger partial charge in [0.1, 0.15) is 0 Å². The van der Waals surface area contributed by atoms with E-state index >= 15 is 0 Å². The Hall–Kier alpha value is -2.62. The average molecular weight is 266 g/mol. The van der Waals surface area contributed by atoms with E-state index in [-0.39, 0.29) is 15.7 Å². The molecule has 1 aromatic heterocycles. The number of nitro benzene ring substituents is 2. The van der Waals surface area contributed by atoms with E-state index in [1.165, 1.54) is 0 Å². The van der Waals surface area contributed by atoms with Crippen molar-refractivity contribution in [2.45, 2.75) is 0 Å². The summed E-state index contributed by atoms with van der Waals surface area (Å²) in [6.07, 6.45) is 0. The van der Waals surface area contributed by atoms with Crippen LogP contribution >= 0.6 is 11.3 Å². The molecule has 2 rings (SSSR count). The summed E-state index contributed by atoms with van der Waals surface area (Å²) < 4.78 is 0. The highest BCUT2D eigenvalue weighted by molar-refractivity contribution is 7.18. The molecule has 10 heteroatoms. The van der Waals surface area contributed by atoms with Crippen LogP contribution in [0.2, 0.25) is 0 Å². The van der Waals surface area contributed by atoms with Crippen LogP contribution in [0.25, 0.3) is 10.6 Å². The third-order valence-electron chi connectivity index (χ3n) is 1.92. The molecule has 0 aliphatic heterocycles. The van der Waals surface area contributed by atoms with E-state index in [0.29, 0.717) is 0 Å². The first-order chi connectivity index (χ1) is 8.47. The molecule has 0 fully saturated rings. The summed E-state index contributed by atoms with van der Waals surface area (Å²) in [5.74, 6) is 0. The van der Waals surface area contributed by atoms with Gasteiger partial charge in [-0.3, -0.25) is 20.2 Å². The molecule has 2 N–H and O–H groups in total. The van der Waals surface area contributed by atoms with Gasteiger partial charge in [-0.2, -0.15) is 0 Å². The Morgan fingerprint density at radius 1 is 1.22 bits per heavy atom. The number of rotatable bonds is 3. The highest BCUT2D eigenvalue weighted by atomic mass is 32.1. The molecule has 1 heterocycles. The number of non-ortho nitro benzene ring substituents is 2. The number of nitro groups is 2. The number of aromatic nitrogens is 2.